The molecule has 2 aliphatic heterocycles. The fourth-order valence-corrected chi connectivity index (χ4v) is 5.37. The van der Waals surface area contributed by atoms with Crippen LogP contribution < -0.4 is 10.2 Å². The molecular formula is C28H30FN3O. The number of rotatable bonds is 3. The van der Waals surface area contributed by atoms with Crippen molar-refractivity contribution in [1.29, 1.82) is 0 Å². The highest BCUT2D eigenvalue weighted by Crippen LogP contribution is 2.47. The number of nitrogens with zero attached hydrogens (tertiary/aromatic N) is 2. The highest BCUT2D eigenvalue weighted by atomic mass is 19.1. The van der Waals surface area contributed by atoms with Gasteiger partial charge in [-0.15, -0.1) is 0 Å². The standard InChI is InChI=1S/C28H30FN3O/c1-20-5-3-7-22(15-20)18-31-13-11-28(12-14-31)19-32(26-10-9-23(29)17-25(26)28)27(33)30-24-8-4-6-21(2)16-24/h3-10,15-17H,11-14,18-19H2,1-2H3,(H,30,33). The molecule has 0 aromatic heterocycles. The van der Waals surface area contributed by atoms with Gasteiger partial charge in [0.1, 0.15) is 5.82 Å². The number of anilines is 2. The van der Waals surface area contributed by atoms with Gasteiger partial charge in [-0.1, -0.05) is 42.0 Å². The minimum Gasteiger partial charge on any atom is -0.308 e. The van der Waals surface area contributed by atoms with Crippen LogP contribution in [0, 0.1) is 19.7 Å². The normalized spacial score (nSPS) is 17.2. The number of hydrogen-bond acceptors (Lipinski definition) is 2. The summed E-state index contributed by atoms with van der Waals surface area (Å²) in [5.74, 6) is -0.240. The van der Waals surface area contributed by atoms with Crippen LogP contribution in [-0.4, -0.2) is 30.6 Å². The highest BCUT2D eigenvalue weighted by Gasteiger charge is 2.46. The van der Waals surface area contributed by atoms with Crippen molar-refractivity contribution in [3.05, 3.63) is 94.8 Å². The van der Waals surface area contributed by atoms with Gasteiger partial charge in [0.25, 0.3) is 0 Å². The summed E-state index contributed by atoms with van der Waals surface area (Å²) < 4.78 is 14.3. The second-order valence-electron chi connectivity index (χ2n) is 9.59. The number of carbonyl (C=O) groups excluding carboxylic acids is 1. The summed E-state index contributed by atoms with van der Waals surface area (Å²) in [5.41, 5.74) is 6.06. The number of nitrogens with one attached hydrogen (secondary N) is 1. The Kier molecular flexibility index (Phi) is 5.67. The van der Waals surface area contributed by atoms with Gasteiger partial charge in [0.15, 0.2) is 0 Å². The average molecular weight is 444 g/mol. The van der Waals surface area contributed by atoms with Crippen molar-refractivity contribution in [3.8, 4) is 0 Å². The molecule has 4 nitrogen and oxygen atoms in total. The van der Waals surface area contributed by atoms with Crippen LogP contribution in [0.25, 0.3) is 0 Å². The first-order chi connectivity index (χ1) is 15.9. The summed E-state index contributed by atoms with van der Waals surface area (Å²) >= 11 is 0. The zero-order valence-corrected chi connectivity index (χ0v) is 19.3. The Bertz CT molecular complexity index is 1180. The van der Waals surface area contributed by atoms with E-state index < -0.39 is 0 Å². The summed E-state index contributed by atoms with van der Waals surface area (Å²) in [6.07, 6.45) is 1.81. The van der Waals surface area contributed by atoms with E-state index in [4.69, 9.17) is 0 Å². The van der Waals surface area contributed by atoms with Crippen LogP contribution in [0.3, 0.4) is 0 Å². The molecule has 0 radical (unpaired) electrons. The van der Waals surface area contributed by atoms with Crippen LogP contribution in [0.2, 0.25) is 0 Å². The predicted octanol–water partition coefficient (Wildman–Crippen LogP) is 6.03. The van der Waals surface area contributed by atoms with Crippen LogP contribution in [0.1, 0.15) is 35.1 Å². The Morgan fingerprint density at radius 1 is 0.970 bits per heavy atom. The van der Waals surface area contributed by atoms with E-state index in [0.29, 0.717) is 6.54 Å². The van der Waals surface area contributed by atoms with Crippen molar-refractivity contribution in [2.24, 2.45) is 0 Å². The van der Waals surface area contributed by atoms with E-state index in [-0.39, 0.29) is 17.3 Å². The van der Waals surface area contributed by atoms with E-state index >= 15 is 0 Å². The number of piperidine rings is 1. The first kappa shape index (κ1) is 21.7. The third kappa shape index (κ3) is 4.38. The number of fused-ring (bicyclic) bond motifs is 2. The maximum Gasteiger partial charge on any atom is 0.326 e. The molecule has 5 heteroatoms. The highest BCUT2D eigenvalue weighted by molar-refractivity contribution is 6.03. The second kappa shape index (κ2) is 8.64. The lowest BCUT2D eigenvalue weighted by Crippen LogP contribution is -2.46. The molecule has 3 aromatic rings. The second-order valence-corrected chi connectivity index (χ2v) is 9.59. The molecule has 5 rings (SSSR count). The van der Waals surface area contributed by atoms with Crippen molar-refractivity contribution < 1.29 is 9.18 Å². The van der Waals surface area contributed by atoms with Crippen molar-refractivity contribution in [2.45, 2.75) is 38.6 Å². The topological polar surface area (TPSA) is 35.6 Å². The molecule has 2 heterocycles. The fourth-order valence-electron chi connectivity index (χ4n) is 5.37. The van der Waals surface area contributed by atoms with Gasteiger partial charge >= 0.3 is 6.03 Å². The molecule has 1 saturated heterocycles. The lowest BCUT2D eigenvalue weighted by Gasteiger charge is -2.40. The van der Waals surface area contributed by atoms with E-state index in [1.54, 1.807) is 17.0 Å². The molecule has 0 atom stereocenters. The van der Waals surface area contributed by atoms with E-state index in [2.05, 4.69) is 41.4 Å². The summed E-state index contributed by atoms with van der Waals surface area (Å²) in [4.78, 5) is 17.5. The monoisotopic (exact) mass is 443 g/mol. The Balaban J connectivity index is 1.35. The SMILES string of the molecule is Cc1cccc(CN2CCC3(CC2)CN(C(=O)Nc2cccc(C)c2)c2ccc(F)cc23)c1. The van der Waals surface area contributed by atoms with Crippen LogP contribution in [-0.2, 0) is 12.0 Å². The van der Waals surface area contributed by atoms with Crippen molar-refractivity contribution in [3.63, 3.8) is 0 Å². The number of benzene rings is 3. The van der Waals surface area contributed by atoms with Gasteiger partial charge in [0.05, 0.1) is 0 Å². The average Bonchev–Trinajstić information content (AvgIpc) is 3.09. The smallest absolute Gasteiger partial charge is 0.308 e. The largest absolute Gasteiger partial charge is 0.326 e. The number of aryl methyl sites for hydroxylation is 2. The molecule has 0 bridgehead atoms. The van der Waals surface area contributed by atoms with Crippen molar-refractivity contribution >= 4 is 17.4 Å². The van der Waals surface area contributed by atoms with Gasteiger partial charge < -0.3 is 5.32 Å². The maximum absolute atomic E-state index is 14.3. The van der Waals surface area contributed by atoms with Crippen LogP contribution >= 0.6 is 0 Å². The number of urea groups is 1. The summed E-state index contributed by atoms with van der Waals surface area (Å²) in [6, 6.07) is 21.1. The Morgan fingerprint density at radius 2 is 1.70 bits per heavy atom. The molecule has 0 unspecified atom stereocenters. The number of halogens is 1. The van der Waals surface area contributed by atoms with E-state index in [0.717, 1.165) is 55.0 Å². The maximum atomic E-state index is 14.3. The molecule has 170 valence electrons. The Morgan fingerprint density at radius 3 is 2.42 bits per heavy atom. The number of likely N-dealkylation sites (tertiary alicyclic amines) is 1. The molecule has 1 spiro atoms. The Labute approximate surface area is 195 Å². The molecule has 1 fully saturated rings. The number of amides is 2. The van der Waals surface area contributed by atoms with Gasteiger partial charge in [0, 0.05) is 29.9 Å². The van der Waals surface area contributed by atoms with Gasteiger partial charge in [-0.3, -0.25) is 9.80 Å². The lowest BCUT2D eigenvalue weighted by molar-refractivity contribution is 0.160. The lowest BCUT2D eigenvalue weighted by atomic mass is 9.74. The summed E-state index contributed by atoms with van der Waals surface area (Å²) in [7, 11) is 0. The molecule has 1 N–H and O–H groups in total. The first-order valence-electron chi connectivity index (χ1n) is 11.7. The third-order valence-electron chi connectivity index (χ3n) is 7.10. The summed E-state index contributed by atoms with van der Waals surface area (Å²) in [5, 5.41) is 3.03. The predicted molar refractivity (Wildman–Crippen MR) is 131 cm³/mol. The molecular weight excluding hydrogens is 413 g/mol. The van der Waals surface area contributed by atoms with Crippen LogP contribution in [0.5, 0.6) is 0 Å². The van der Waals surface area contributed by atoms with E-state index in [1.807, 2.05) is 31.2 Å². The molecule has 3 aromatic carbocycles. The third-order valence-corrected chi connectivity index (χ3v) is 7.10. The zero-order chi connectivity index (χ0) is 23.0. The number of hydrogen-bond donors (Lipinski definition) is 1. The van der Waals surface area contributed by atoms with Crippen LogP contribution in [0.15, 0.2) is 66.7 Å². The summed E-state index contributed by atoms with van der Waals surface area (Å²) in [6.45, 7) is 7.49. The minimum atomic E-state index is -0.240. The quantitative estimate of drug-likeness (QED) is 0.537. The van der Waals surface area contributed by atoms with Crippen molar-refractivity contribution in [2.75, 3.05) is 29.9 Å². The van der Waals surface area contributed by atoms with Gasteiger partial charge in [-0.2, -0.15) is 0 Å². The number of carbonyl (C=O) groups is 1. The van der Waals surface area contributed by atoms with Crippen molar-refractivity contribution in [1.82, 2.24) is 4.90 Å². The van der Waals surface area contributed by atoms with E-state index in [1.165, 1.54) is 17.2 Å². The van der Waals surface area contributed by atoms with E-state index in [9.17, 15) is 9.18 Å². The first-order valence-corrected chi connectivity index (χ1v) is 11.7. The minimum absolute atomic E-state index is 0.160. The molecule has 33 heavy (non-hydrogen) atoms. The fraction of sp³-hybridized carbons (Fsp3) is 0.321. The van der Waals surface area contributed by atoms with Crippen LogP contribution in [0.4, 0.5) is 20.6 Å². The molecule has 2 aliphatic rings. The van der Waals surface area contributed by atoms with Gasteiger partial charge in [0.2, 0.25) is 0 Å². The molecule has 0 saturated carbocycles. The molecule has 0 aliphatic carbocycles. The van der Waals surface area contributed by atoms with Gasteiger partial charge in [-0.25, -0.2) is 9.18 Å². The van der Waals surface area contributed by atoms with Gasteiger partial charge in [-0.05, 0) is 86.8 Å². The molecule has 2 amide bonds. The zero-order valence-electron chi connectivity index (χ0n) is 19.3. The Hall–Kier alpha value is -3.18.